The van der Waals surface area contributed by atoms with Crippen molar-refractivity contribution in [2.24, 2.45) is 5.73 Å². The summed E-state index contributed by atoms with van der Waals surface area (Å²) in [7, 11) is 0. The molecule has 3 N–H and O–H groups in total. The van der Waals surface area contributed by atoms with Crippen LogP contribution in [0.5, 0.6) is 0 Å². The minimum atomic E-state index is -0.406. The Hall–Kier alpha value is -1.35. The second kappa shape index (κ2) is 3.33. The van der Waals surface area contributed by atoms with Gasteiger partial charge in [0.05, 0.1) is 5.41 Å². The van der Waals surface area contributed by atoms with Crippen LogP contribution in [0.25, 0.3) is 0 Å². The van der Waals surface area contributed by atoms with Crippen LogP contribution < -0.4 is 11.1 Å². The van der Waals surface area contributed by atoms with Crippen molar-refractivity contribution in [1.82, 2.24) is 0 Å². The van der Waals surface area contributed by atoms with E-state index in [-0.39, 0.29) is 5.91 Å². The molecule has 0 aromatic heterocycles. The molecule has 17 heavy (non-hydrogen) atoms. The average molecular weight is 230 g/mol. The van der Waals surface area contributed by atoms with E-state index in [9.17, 15) is 4.79 Å². The van der Waals surface area contributed by atoms with Gasteiger partial charge >= 0.3 is 0 Å². The maximum absolute atomic E-state index is 11.8. The fourth-order valence-electron chi connectivity index (χ4n) is 2.78. The molecule has 1 aliphatic heterocycles. The maximum Gasteiger partial charge on any atom is 0.234 e. The molecule has 3 nitrogen and oxygen atoms in total. The van der Waals surface area contributed by atoms with Crippen LogP contribution in [0.2, 0.25) is 0 Å². The molecule has 3 rings (SSSR count). The minimum absolute atomic E-state index is 0.0926. The van der Waals surface area contributed by atoms with E-state index in [1.165, 1.54) is 5.56 Å². The number of nitrogens with two attached hydrogens (primary N) is 1. The first-order valence-corrected chi connectivity index (χ1v) is 6.20. The van der Waals surface area contributed by atoms with E-state index in [2.05, 4.69) is 17.4 Å². The molecule has 0 spiro atoms. The van der Waals surface area contributed by atoms with Crippen LogP contribution in [0, 0.1) is 0 Å². The summed E-state index contributed by atoms with van der Waals surface area (Å²) in [5.74, 6) is 0.678. The predicted molar refractivity (Wildman–Crippen MR) is 68.0 cm³/mol. The van der Waals surface area contributed by atoms with Crippen LogP contribution in [-0.4, -0.2) is 11.9 Å². The standard InChI is InChI=1S/C14H18N2O/c1-14(2)11-7-8(9-5-10(15)6-9)3-4-12(11)16-13(14)17/h3-4,7,9-10H,5-6,15H2,1-2H3,(H,16,17). The van der Waals surface area contributed by atoms with Gasteiger partial charge in [-0.05, 0) is 49.8 Å². The van der Waals surface area contributed by atoms with Crippen molar-refractivity contribution in [2.45, 2.75) is 44.1 Å². The van der Waals surface area contributed by atoms with Gasteiger partial charge in [0.25, 0.3) is 0 Å². The molecule has 1 aliphatic carbocycles. The van der Waals surface area contributed by atoms with Crippen molar-refractivity contribution >= 4 is 11.6 Å². The highest BCUT2D eigenvalue weighted by Crippen LogP contribution is 2.42. The van der Waals surface area contributed by atoms with Crippen LogP contribution in [0.15, 0.2) is 18.2 Å². The Morgan fingerprint density at radius 3 is 2.71 bits per heavy atom. The Morgan fingerprint density at radius 2 is 2.06 bits per heavy atom. The predicted octanol–water partition coefficient (Wildman–Crippen LogP) is 2.12. The van der Waals surface area contributed by atoms with Crippen LogP contribution in [0.4, 0.5) is 5.69 Å². The third kappa shape index (κ3) is 1.49. The lowest BCUT2D eigenvalue weighted by atomic mass is 9.75. The maximum atomic E-state index is 11.8. The molecular formula is C14H18N2O. The van der Waals surface area contributed by atoms with Gasteiger partial charge in [-0.2, -0.15) is 0 Å². The molecule has 0 saturated heterocycles. The Balaban J connectivity index is 1.97. The molecule has 1 aromatic rings. The minimum Gasteiger partial charge on any atom is -0.328 e. The number of carbonyl (C=O) groups is 1. The zero-order valence-corrected chi connectivity index (χ0v) is 10.3. The topological polar surface area (TPSA) is 55.1 Å². The fraction of sp³-hybridized carbons (Fsp3) is 0.500. The molecule has 3 heteroatoms. The van der Waals surface area contributed by atoms with Crippen LogP contribution in [-0.2, 0) is 10.2 Å². The lowest BCUT2D eigenvalue weighted by molar-refractivity contribution is -0.119. The number of nitrogens with one attached hydrogen (secondary N) is 1. The zero-order valence-electron chi connectivity index (χ0n) is 10.3. The Labute approximate surface area is 101 Å². The first-order chi connectivity index (χ1) is 7.98. The van der Waals surface area contributed by atoms with Crippen molar-refractivity contribution in [3.05, 3.63) is 29.3 Å². The van der Waals surface area contributed by atoms with Crippen molar-refractivity contribution in [3.63, 3.8) is 0 Å². The van der Waals surface area contributed by atoms with E-state index >= 15 is 0 Å². The first-order valence-electron chi connectivity index (χ1n) is 6.20. The molecule has 1 fully saturated rings. The fourth-order valence-corrected chi connectivity index (χ4v) is 2.78. The molecule has 1 saturated carbocycles. The molecule has 0 bridgehead atoms. The van der Waals surface area contributed by atoms with E-state index in [1.807, 2.05) is 19.9 Å². The van der Waals surface area contributed by atoms with E-state index in [0.29, 0.717) is 12.0 Å². The van der Waals surface area contributed by atoms with Crippen LogP contribution >= 0.6 is 0 Å². The summed E-state index contributed by atoms with van der Waals surface area (Å²) in [6, 6.07) is 6.70. The van der Waals surface area contributed by atoms with Gasteiger partial charge < -0.3 is 11.1 Å². The van der Waals surface area contributed by atoms with Crippen molar-refractivity contribution in [3.8, 4) is 0 Å². The van der Waals surface area contributed by atoms with Gasteiger partial charge in [0.2, 0.25) is 5.91 Å². The molecule has 0 radical (unpaired) electrons. The van der Waals surface area contributed by atoms with Crippen LogP contribution in [0.3, 0.4) is 0 Å². The Morgan fingerprint density at radius 1 is 1.35 bits per heavy atom. The molecule has 1 amide bonds. The number of rotatable bonds is 1. The second-order valence-electron chi connectivity index (χ2n) is 5.81. The summed E-state index contributed by atoms with van der Waals surface area (Å²) in [6.07, 6.45) is 2.14. The molecule has 1 heterocycles. The van der Waals surface area contributed by atoms with Gasteiger partial charge in [-0.15, -0.1) is 0 Å². The van der Waals surface area contributed by atoms with E-state index in [1.54, 1.807) is 0 Å². The van der Waals surface area contributed by atoms with Gasteiger partial charge in [0.15, 0.2) is 0 Å². The number of anilines is 1. The number of hydrogen-bond acceptors (Lipinski definition) is 2. The molecule has 0 unspecified atom stereocenters. The van der Waals surface area contributed by atoms with Gasteiger partial charge in [-0.1, -0.05) is 12.1 Å². The van der Waals surface area contributed by atoms with Crippen LogP contribution in [0.1, 0.15) is 43.7 Å². The molecular weight excluding hydrogens is 212 g/mol. The smallest absolute Gasteiger partial charge is 0.234 e. The number of carbonyl (C=O) groups excluding carboxylic acids is 1. The molecule has 2 aliphatic rings. The zero-order chi connectivity index (χ0) is 12.2. The Kier molecular flexibility index (Phi) is 2.11. The molecule has 90 valence electrons. The lowest BCUT2D eigenvalue weighted by Crippen LogP contribution is -2.34. The molecule has 0 atom stereocenters. The van der Waals surface area contributed by atoms with E-state index in [4.69, 9.17) is 5.73 Å². The lowest BCUT2D eigenvalue weighted by Gasteiger charge is -2.33. The Bertz CT molecular complexity index is 487. The average Bonchev–Trinajstić information content (AvgIpc) is 2.46. The van der Waals surface area contributed by atoms with Crippen molar-refractivity contribution < 1.29 is 4.79 Å². The number of amides is 1. The van der Waals surface area contributed by atoms with Gasteiger partial charge in [-0.25, -0.2) is 0 Å². The third-order valence-corrected chi connectivity index (χ3v) is 4.18. The highest BCUT2D eigenvalue weighted by Gasteiger charge is 2.39. The summed E-state index contributed by atoms with van der Waals surface area (Å²) in [5, 5.41) is 2.93. The highest BCUT2D eigenvalue weighted by molar-refractivity contribution is 6.05. The second-order valence-corrected chi connectivity index (χ2v) is 5.81. The summed E-state index contributed by atoms with van der Waals surface area (Å²) < 4.78 is 0. The molecule has 1 aromatic carbocycles. The van der Waals surface area contributed by atoms with Gasteiger partial charge in [-0.3, -0.25) is 4.79 Å². The van der Waals surface area contributed by atoms with Crippen molar-refractivity contribution in [2.75, 3.05) is 5.32 Å². The first kappa shape index (κ1) is 10.8. The van der Waals surface area contributed by atoms with Gasteiger partial charge in [0, 0.05) is 11.7 Å². The summed E-state index contributed by atoms with van der Waals surface area (Å²) in [6.45, 7) is 3.95. The monoisotopic (exact) mass is 230 g/mol. The summed E-state index contributed by atoms with van der Waals surface area (Å²) in [4.78, 5) is 11.8. The third-order valence-electron chi connectivity index (χ3n) is 4.18. The van der Waals surface area contributed by atoms with Gasteiger partial charge in [0.1, 0.15) is 0 Å². The number of fused-ring (bicyclic) bond motifs is 1. The van der Waals surface area contributed by atoms with Crippen molar-refractivity contribution in [1.29, 1.82) is 0 Å². The highest BCUT2D eigenvalue weighted by atomic mass is 16.2. The quantitative estimate of drug-likeness (QED) is 0.776. The van der Waals surface area contributed by atoms with E-state index < -0.39 is 5.41 Å². The number of benzene rings is 1. The number of hydrogen-bond donors (Lipinski definition) is 2. The summed E-state index contributed by atoms with van der Waals surface area (Å²) in [5.41, 5.74) is 8.84. The van der Waals surface area contributed by atoms with E-state index in [0.717, 1.165) is 24.1 Å². The normalized spacial score (nSPS) is 29.5. The summed E-state index contributed by atoms with van der Waals surface area (Å²) >= 11 is 0. The SMILES string of the molecule is CC1(C)C(=O)Nc2ccc(C3CC(N)C3)cc21. The largest absolute Gasteiger partial charge is 0.328 e.